The third-order valence-electron chi connectivity index (χ3n) is 9.55. The van der Waals surface area contributed by atoms with E-state index >= 15 is 0 Å². The second-order valence-electron chi connectivity index (χ2n) is 12.6. The van der Waals surface area contributed by atoms with Crippen molar-refractivity contribution in [2.24, 2.45) is 0 Å². The van der Waals surface area contributed by atoms with Gasteiger partial charge in [-0.05, 0) is 59.7 Å². The molecule has 5 aromatic carbocycles. The van der Waals surface area contributed by atoms with Crippen LogP contribution in [0, 0.1) is 0 Å². The monoisotopic (exact) mass is 637 g/mol. The number of hydrogen-bond donors (Lipinski definition) is 0. The molecule has 232 valence electrons. The van der Waals surface area contributed by atoms with Crippen molar-refractivity contribution in [2.45, 2.75) is 0 Å². The predicted octanol–water partition coefficient (Wildman–Crippen LogP) is 11.1. The van der Waals surface area contributed by atoms with Crippen LogP contribution in [0.25, 0.3) is 99.4 Å². The van der Waals surface area contributed by atoms with E-state index in [0.29, 0.717) is 0 Å². The molecule has 5 nitrogen and oxygen atoms in total. The third-order valence-corrected chi connectivity index (χ3v) is 9.55. The molecule has 0 spiro atoms. The molecule has 10 aromatic rings. The van der Waals surface area contributed by atoms with Crippen molar-refractivity contribution in [3.8, 4) is 44.9 Å². The first-order valence-corrected chi connectivity index (χ1v) is 16.7. The van der Waals surface area contributed by atoms with Crippen molar-refractivity contribution < 1.29 is 0 Å². The number of aromatic nitrogens is 5. The molecule has 0 unspecified atom stereocenters. The highest BCUT2D eigenvalue weighted by atomic mass is 14.8. The quantitative estimate of drug-likeness (QED) is 0.180. The lowest BCUT2D eigenvalue weighted by molar-refractivity contribution is 1.36. The highest BCUT2D eigenvalue weighted by molar-refractivity contribution is 6.03. The lowest BCUT2D eigenvalue weighted by Crippen LogP contribution is -1.90. The van der Waals surface area contributed by atoms with Gasteiger partial charge in [-0.25, -0.2) is 15.0 Å². The SMILES string of the molecule is c1cnc2c(c1)ccc1ccc(-c3ccc(-c4ccc5ccc(-c6ccc7ccc(-c8ccnc9ccccc89)nc7c6)cc5n4)cc3)nc12. The molecule has 0 radical (unpaired) electrons. The van der Waals surface area contributed by atoms with Gasteiger partial charge in [0.1, 0.15) is 0 Å². The summed E-state index contributed by atoms with van der Waals surface area (Å²) in [6.07, 6.45) is 3.68. The van der Waals surface area contributed by atoms with E-state index in [4.69, 9.17) is 15.0 Å². The first-order chi connectivity index (χ1) is 24.7. The Labute approximate surface area is 287 Å². The van der Waals surface area contributed by atoms with Gasteiger partial charge >= 0.3 is 0 Å². The van der Waals surface area contributed by atoms with Gasteiger partial charge in [0.15, 0.2) is 0 Å². The number of fused-ring (bicyclic) bond motifs is 6. The Kier molecular flexibility index (Phi) is 6.42. The molecule has 0 saturated carbocycles. The molecule has 0 fully saturated rings. The molecule has 0 aliphatic heterocycles. The van der Waals surface area contributed by atoms with Crippen LogP contribution in [0.1, 0.15) is 0 Å². The minimum Gasteiger partial charge on any atom is -0.256 e. The van der Waals surface area contributed by atoms with Gasteiger partial charge in [-0.3, -0.25) is 9.97 Å². The number of hydrogen-bond acceptors (Lipinski definition) is 5. The zero-order valence-corrected chi connectivity index (χ0v) is 26.8. The van der Waals surface area contributed by atoms with Gasteiger partial charge in [-0.15, -0.1) is 0 Å². The molecule has 0 aliphatic rings. The predicted molar refractivity (Wildman–Crippen MR) is 205 cm³/mol. The Balaban J connectivity index is 0.976. The lowest BCUT2D eigenvalue weighted by atomic mass is 10.00. The first-order valence-electron chi connectivity index (χ1n) is 16.7. The van der Waals surface area contributed by atoms with Crippen molar-refractivity contribution in [3.63, 3.8) is 0 Å². The van der Waals surface area contributed by atoms with Crippen molar-refractivity contribution in [2.75, 3.05) is 0 Å². The fraction of sp³-hybridized carbons (Fsp3) is 0. The summed E-state index contributed by atoms with van der Waals surface area (Å²) in [5.74, 6) is 0. The summed E-state index contributed by atoms with van der Waals surface area (Å²) >= 11 is 0. The van der Waals surface area contributed by atoms with E-state index < -0.39 is 0 Å². The fourth-order valence-electron chi connectivity index (χ4n) is 6.92. The maximum atomic E-state index is 5.11. The number of benzene rings is 5. The molecule has 0 saturated heterocycles. The van der Waals surface area contributed by atoms with Crippen LogP contribution in [0.5, 0.6) is 0 Å². The van der Waals surface area contributed by atoms with Crippen LogP contribution in [-0.4, -0.2) is 24.9 Å². The molecule has 0 bridgehead atoms. The molecule has 5 aromatic heterocycles. The van der Waals surface area contributed by atoms with Crippen LogP contribution in [0.15, 0.2) is 164 Å². The van der Waals surface area contributed by atoms with Crippen molar-refractivity contribution in [3.05, 3.63) is 164 Å². The van der Waals surface area contributed by atoms with Gasteiger partial charge < -0.3 is 0 Å². The first kappa shape index (κ1) is 28.2. The average Bonchev–Trinajstić information content (AvgIpc) is 3.19. The Hall–Kier alpha value is -6.85. The van der Waals surface area contributed by atoms with Crippen molar-refractivity contribution >= 4 is 54.5 Å². The molecule has 5 heteroatoms. The Morgan fingerprint density at radius 2 is 0.880 bits per heavy atom. The van der Waals surface area contributed by atoms with Gasteiger partial charge in [-0.1, -0.05) is 103 Å². The Morgan fingerprint density at radius 1 is 0.320 bits per heavy atom. The van der Waals surface area contributed by atoms with E-state index in [9.17, 15) is 0 Å². The fourth-order valence-corrected chi connectivity index (χ4v) is 6.92. The molecule has 50 heavy (non-hydrogen) atoms. The van der Waals surface area contributed by atoms with Crippen molar-refractivity contribution in [1.29, 1.82) is 0 Å². The molecular formula is C45H27N5. The maximum Gasteiger partial charge on any atom is 0.0972 e. The second kappa shape index (κ2) is 11.4. The number of nitrogens with zero attached hydrogens (tertiary/aromatic N) is 5. The standard InChI is InChI=1S/C45H27N5/c1-2-6-40-36(5-1)37(23-25-46-40)41-22-18-31-12-16-35(27-43(31)49-41)34-15-11-30-17-20-38(48-42(30)26-34)28-7-9-29(10-8-28)39-21-19-33-14-13-32-4-3-24-47-44(32)45(33)50-39/h1-27H. The third kappa shape index (κ3) is 4.83. The summed E-state index contributed by atoms with van der Waals surface area (Å²) in [7, 11) is 0. The highest BCUT2D eigenvalue weighted by Gasteiger charge is 2.11. The molecule has 0 N–H and O–H groups in total. The summed E-state index contributed by atoms with van der Waals surface area (Å²) < 4.78 is 0. The minimum atomic E-state index is 0.918. The molecule has 10 rings (SSSR count). The van der Waals surface area contributed by atoms with E-state index in [1.807, 2.05) is 42.7 Å². The van der Waals surface area contributed by atoms with Crippen LogP contribution >= 0.6 is 0 Å². The zero-order valence-electron chi connectivity index (χ0n) is 26.8. The van der Waals surface area contributed by atoms with Gasteiger partial charge in [0, 0.05) is 56.0 Å². The summed E-state index contributed by atoms with van der Waals surface area (Å²) in [5.41, 5.74) is 12.9. The minimum absolute atomic E-state index is 0.918. The van der Waals surface area contributed by atoms with Crippen LogP contribution in [0.2, 0.25) is 0 Å². The highest BCUT2D eigenvalue weighted by Crippen LogP contribution is 2.32. The van der Waals surface area contributed by atoms with E-state index in [2.05, 4.69) is 131 Å². The molecule has 0 amide bonds. The Morgan fingerprint density at radius 3 is 1.62 bits per heavy atom. The summed E-state index contributed by atoms with van der Waals surface area (Å²) in [6.45, 7) is 0. The summed E-state index contributed by atoms with van der Waals surface area (Å²) in [4.78, 5) is 24.4. The molecule has 0 aliphatic carbocycles. The van der Waals surface area contributed by atoms with Crippen LogP contribution in [0.3, 0.4) is 0 Å². The van der Waals surface area contributed by atoms with Gasteiger partial charge in [0.2, 0.25) is 0 Å². The van der Waals surface area contributed by atoms with Gasteiger partial charge in [-0.2, -0.15) is 0 Å². The van der Waals surface area contributed by atoms with E-state index in [1.165, 1.54) is 0 Å². The van der Waals surface area contributed by atoms with Crippen LogP contribution in [-0.2, 0) is 0 Å². The average molecular weight is 638 g/mol. The van der Waals surface area contributed by atoms with Crippen LogP contribution in [0.4, 0.5) is 0 Å². The smallest absolute Gasteiger partial charge is 0.0972 e. The topological polar surface area (TPSA) is 64.5 Å². The van der Waals surface area contributed by atoms with E-state index in [-0.39, 0.29) is 0 Å². The molecule has 0 atom stereocenters. The number of pyridine rings is 5. The largest absolute Gasteiger partial charge is 0.256 e. The Bertz CT molecular complexity index is 2930. The number of para-hydroxylation sites is 1. The zero-order chi connectivity index (χ0) is 33.0. The molecule has 5 heterocycles. The summed E-state index contributed by atoms with van der Waals surface area (Å²) in [5, 5.41) is 5.47. The maximum absolute atomic E-state index is 5.11. The number of rotatable bonds is 4. The summed E-state index contributed by atoms with van der Waals surface area (Å²) in [6, 6.07) is 52.6. The van der Waals surface area contributed by atoms with Crippen LogP contribution < -0.4 is 0 Å². The van der Waals surface area contributed by atoms with Gasteiger partial charge in [0.05, 0.1) is 44.7 Å². The van der Waals surface area contributed by atoms with E-state index in [1.54, 1.807) is 0 Å². The van der Waals surface area contributed by atoms with E-state index in [0.717, 1.165) is 99.4 Å². The van der Waals surface area contributed by atoms with Gasteiger partial charge in [0.25, 0.3) is 0 Å². The second-order valence-corrected chi connectivity index (χ2v) is 12.6. The van der Waals surface area contributed by atoms with Crippen molar-refractivity contribution in [1.82, 2.24) is 24.9 Å². The lowest BCUT2D eigenvalue weighted by Gasteiger charge is -2.10. The normalized spacial score (nSPS) is 11.6. The molecular weight excluding hydrogens is 611 g/mol.